The molecule has 2 aromatic heterocycles. The number of carbonyl (C=O) groups excluding carboxylic acids is 2. The molecule has 7 nitrogen and oxygen atoms in total. The van der Waals surface area contributed by atoms with Crippen LogP contribution in [-0.4, -0.2) is 27.0 Å². The van der Waals surface area contributed by atoms with Crippen LogP contribution in [0.4, 0.5) is 9.18 Å². The van der Waals surface area contributed by atoms with Crippen molar-refractivity contribution in [3.05, 3.63) is 58.4 Å². The van der Waals surface area contributed by atoms with Crippen LogP contribution in [-0.2, 0) is 16.9 Å². The number of aromatic nitrogens is 2. The summed E-state index contributed by atoms with van der Waals surface area (Å²) in [6.07, 6.45) is 1.99. The van der Waals surface area contributed by atoms with Crippen LogP contribution >= 0.6 is 11.3 Å². The van der Waals surface area contributed by atoms with Crippen LogP contribution in [0, 0.1) is 5.82 Å². The van der Waals surface area contributed by atoms with Gasteiger partial charge in [-0.25, -0.2) is 9.18 Å². The van der Waals surface area contributed by atoms with E-state index in [-0.39, 0.29) is 12.4 Å². The molecule has 1 N–H and O–H groups in total. The van der Waals surface area contributed by atoms with Crippen LogP contribution in [0.3, 0.4) is 0 Å². The fourth-order valence-corrected chi connectivity index (χ4v) is 4.05. The Labute approximate surface area is 170 Å². The number of nitrogens with zero attached hydrogens (tertiary/aromatic N) is 3. The Morgan fingerprint density at radius 1 is 1.24 bits per heavy atom. The van der Waals surface area contributed by atoms with Crippen molar-refractivity contribution in [3.63, 3.8) is 0 Å². The number of rotatable bonds is 7. The van der Waals surface area contributed by atoms with Crippen molar-refractivity contribution in [2.45, 2.75) is 38.3 Å². The van der Waals surface area contributed by atoms with Gasteiger partial charge in [0.2, 0.25) is 11.7 Å². The number of carbonyl (C=O) groups is 2. The van der Waals surface area contributed by atoms with Crippen LogP contribution in [0.25, 0.3) is 11.4 Å². The van der Waals surface area contributed by atoms with Crippen molar-refractivity contribution in [2.75, 3.05) is 0 Å². The molecular formula is C20H19FN4O3S. The van der Waals surface area contributed by atoms with E-state index < -0.39 is 23.3 Å². The van der Waals surface area contributed by atoms with Crippen molar-refractivity contribution in [2.24, 2.45) is 0 Å². The molecule has 1 fully saturated rings. The Morgan fingerprint density at radius 3 is 2.72 bits per heavy atom. The van der Waals surface area contributed by atoms with E-state index in [9.17, 15) is 14.0 Å². The number of hydrogen-bond acceptors (Lipinski definition) is 6. The Kier molecular flexibility index (Phi) is 5.14. The molecule has 0 bridgehead atoms. The SMILES string of the molecule is CCCC[C@@]1(c2ccc(F)cc2)NC(=O)N(Cc2nc(-c3ccsc3)no2)C1=O. The number of unbranched alkanes of at least 4 members (excludes halogenated alkanes) is 1. The molecule has 3 amide bonds. The minimum Gasteiger partial charge on any atom is -0.337 e. The van der Waals surface area contributed by atoms with Gasteiger partial charge in [-0.2, -0.15) is 16.3 Å². The first-order valence-electron chi connectivity index (χ1n) is 9.29. The summed E-state index contributed by atoms with van der Waals surface area (Å²) in [5.41, 5.74) is 0.139. The normalized spacial score (nSPS) is 19.0. The maximum Gasteiger partial charge on any atom is 0.325 e. The molecule has 0 saturated carbocycles. The zero-order valence-electron chi connectivity index (χ0n) is 15.7. The predicted octanol–water partition coefficient (Wildman–Crippen LogP) is 4.07. The summed E-state index contributed by atoms with van der Waals surface area (Å²) >= 11 is 1.51. The molecule has 4 rings (SSSR count). The molecule has 1 aliphatic heterocycles. The minimum absolute atomic E-state index is 0.128. The zero-order valence-corrected chi connectivity index (χ0v) is 16.5. The first-order chi connectivity index (χ1) is 14.0. The molecule has 1 saturated heterocycles. The first kappa shape index (κ1) is 19.3. The van der Waals surface area contributed by atoms with Gasteiger partial charge in [0.05, 0.1) is 0 Å². The second-order valence-corrected chi connectivity index (χ2v) is 7.64. The van der Waals surface area contributed by atoms with Crippen LogP contribution in [0.15, 0.2) is 45.6 Å². The smallest absolute Gasteiger partial charge is 0.325 e. The Bertz CT molecular complexity index is 1020. The van der Waals surface area contributed by atoms with Crippen molar-refractivity contribution in [3.8, 4) is 11.4 Å². The summed E-state index contributed by atoms with van der Waals surface area (Å²) in [4.78, 5) is 31.4. The maximum atomic E-state index is 13.4. The summed E-state index contributed by atoms with van der Waals surface area (Å²) in [6.45, 7) is 1.87. The van der Waals surface area contributed by atoms with Crippen LogP contribution in [0.1, 0.15) is 37.6 Å². The average Bonchev–Trinajstić information content (AvgIpc) is 3.44. The molecule has 0 spiro atoms. The van der Waals surface area contributed by atoms with Gasteiger partial charge in [0, 0.05) is 10.9 Å². The summed E-state index contributed by atoms with van der Waals surface area (Å²) in [5.74, 6) is -0.234. The lowest BCUT2D eigenvalue weighted by molar-refractivity contribution is -0.132. The van der Waals surface area contributed by atoms with Crippen molar-refractivity contribution >= 4 is 23.3 Å². The van der Waals surface area contributed by atoms with Gasteiger partial charge in [-0.1, -0.05) is 37.1 Å². The Hall–Kier alpha value is -3.07. The van der Waals surface area contributed by atoms with Crippen molar-refractivity contribution in [1.82, 2.24) is 20.4 Å². The zero-order chi connectivity index (χ0) is 20.4. The van der Waals surface area contributed by atoms with Gasteiger partial charge in [0.1, 0.15) is 17.9 Å². The quantitative estimate of drug-likeness (QED) is 0.589. The lowest BCUT2D eigenvalue weighted by Gasteiger charge is -2.27. The molecule has 1 aliphatic rings. The summed E-state index contributed by atoms with van der Waals surface area (Å²) < 4.78 is 18.6. The second kappa shape index (κ2) is 7.75. The average molecular weight is 414 g/mol. The third-order valence-electron chi connectivity index (χ3n) is 4.96. The maximum absolute atomic E-state index is 13.4. The number of urea groups is 1. The lowest BCUT2D eigenvalue weighted by Crippen LogP contribution is -2.44. The molecule has 0 radical (unpaired) electrons. The third-order valence-corrected chi connectivity index (χ3v) is 5.64. The number of nitrogens with one attached hydrogen (secondary N) is 1. The standard InChI is InChI=1S/C20H19FN4O3S/c1-2-3-9-20(14-4-6-15(21)7-5-14)18(26)25(19(27)23-20)11-16-22-17(24-28-16)13-8-10-29-12-13/h4-8,10,12H,2-3,9,11H2,1H3,(H,23,27)/t20-/m0/s1. The molecule has 29 heavy (non-hydrogen) atoms. The number of benzene rings is 1. The monoisotopic (exact) mass is 414 g/mol. The number of hydrogen-bond donors (Lipinski definition) is 1. The molecule has 3 heterocycles. The van der Waals surface area contributed by atoms with Crippen molar-refractivity contribution in [1.29, 1.82) is 0 Å². The highest BCUT2D eigenvalue weighted by atomic mass is 32.1. The van der Waals surface area contributed by atoms with Gasteiger partial charge in [0.15, 0.2) is 0 Å². The van der Waals surface area contributed by atoms with Gasteiger partial charge >= 0.3 is 6.03 Å². The van der Waals surface area contributed by atoms with E-state index in [1.807, 2.05) is 23.8 Å². The second-order valence-electron chi connectivity index (χ2n) is 6.86. The van der Waals surface area contributed by atoms with Gasteiger partial charge < -0.3 is 9.84 Å². The summed E-state index contributed by atoms with van der Waals surface area (Å²) in [7, 11) is 0. The molecule has 150 valence electrons. The van der Waals surface area contributed by atoms with Crippen LogP contribution < -0.4 is 5.32 Å². The van der Waals surface area contributed by atoms with E-state index in [2.05, 4.69) is 15.5 Å². The van der Waals surface area contributed by atoms with E-state index >= 15 is 0 Å². The Morgan fingerprint density at radius 2 is 2.03 bits per heavy atom. The fourth-order valence-electron chi connectivity index (χ4n) is 3.42. The fraction of sp³-hybridized carbons (Fsp3) is 0.300. The third kappa shape index (κ3) is 3.53. The van der Waals surface area contributed by atoms with Crippen LogP contribution in [0.5, 0.6) is 0 Å². The molecule has 0 aliphatic carbocycles. The summed E-state index contributed by atoms with van der Waals surface area (Å²) in [5, 5.41) is 10.5. The molecule has 9 heteroatoms. The number of amides is 3. The van der Waals surface area contributed by atoms with Gasteiger partial charge in [-0.15, -0.1) is 0 Å². The predicted molar refractivity (Wildman–Crippen MR) is 104 cm³/mol. The molecule has 1 atom stereocenters. The van der Waals surface area contributed by atoms with E-state index in [1.165, 1.54) is 35.6 Å². The topological polar surface area (TPSA) is 88.3 Å². The minimum atomic E-state index is -1.23. The van der Waals surface area contributed by atoms with Gasteiger partial charge in [0.25, 0.3) is 5.91 Å². The molecule has 3 aromatic rings. The van der Waals surface area contributed by atoms with E-state index in [1.54, 1.807) is 0 Å². The van der Waals surface area contributed by atoms with E-state index in [0.717, 1.165) is 23.3 Å². The van der Waals surface area contributed by atoms with E-state index in [4.69, 9.17) is 4.52 Å². The summed E-state index contributed by atoms with van der Waals surface area (Å²) in [6, 6.07) is 6.97. The molecule has 0 unspecified atom stereocenters. The number of halogens is 1. The number of imide groups is 1. The highest BCUT2D eigenvalue weighted by molar-refractivity contribution is 7.08. The van der Waals surface area contributed by atoms with Gasteiger partial charge in [-0.3, -0.25) is 9.69 Å². The lowest BCUT2D eigenvalue weighted by atomic mass is 9.85. The largest absolute Gasteiger partial charge is 0.337 e. The first-order valence-corrected chi connectivity index (χ1v) is 10.2. The Balaban J connectivity index is 1.61. The number of thiophene rings is 1. The van der Waals surface area contributed by atoms with Crippen LogP contribution in [0.2, 0.25) is 0 Å². The molecule has 1 aromatic carbocycles. The van der Waals surface area contributed by atoms with Crippen molar-refractivity contribution < 1.29 is 18.5 Å². The highest BCUT2D eigenvalue weighted by Crippen LogP contribution is 2.35. The molecular weight excluding hydrogens is 395 g/mol. The van der Waals surface area contributed by atoms with E-state index in [0.29, 0.717) is 17.8 Å². The van der Waals surface area contributed by atoms with Gasteiger partial charge in [-0.05, 0) is 35.6 Å². The highest BCUT2D eigenvalue weighted by Gasteiger charge is 2.52.